The van der Waals surface area contributed by atoms with Gasteiger partial charge < -0.3 is 10.3 Å². The van der Waals surface area contributed by atoms with Crippen LogP contribution < -0.4 is 5.32 Å². The molecule has 3 aromatic heterocycles. The van der Waals surface area contributed by atoms with Crippen molar-refractivity contribution in [1.29, 1.82) is 0 Å². The van der Waals surface area contributed by atoms with Gasteiger partial charge in [0, 0.05) is 9.75 Å². The highest BCUT2D eigenvalue weighted by Crippen LogP contribution is 2.31. The molecule has 5 nitrogen and oxygen atoms in total. The fraction of sp³-hybridized carbons (Fsp3) is 0.308. The Labute approximate surface area is 114 Å². The molecule has 0 radical (unpaired) electrons. The number of anilines is 1. The monoisotopic (exact) mass is 271 g/mol. The van der Waals surface area contributed by atoms with E-state index in [0.29, 0.717) is 5.65 Å². The van der Waals surface area contributed by atoms with E-state index in [1.54, 1.807) is 17.5 Å². The zero-order chi connectivity index (χ0) is 12.7. The summed E-state index contributed by atoms with van der Waals surface area (Å²) in [6.45, 7) is 0.808. The molecule has 1 aliphatic carbocycles. The summed E-state index contributed by atoms with van der Waals surface area (Å²) in [5.41, 5.74) is 3.11. The summed E-state index contributed by atoms with van der Waals surface area (Å²) in [4.78, 5) is 18.5. The van der Waals surface area contributed by atoms with Crippen molar-refractivity contribution in [1.82, 2.24) is 19.9 Å². The van der Waals surface area contributed by atoms with E-state index in [9.17, 15) is 0 Å². The number of fused-ring (bicyclic) bond motifs is 2. The van der Waals surface area contributed by atoms with Gasteiger partial charge in [-0.3, -0.25) is 0 Å². The summed E-state index contributed by atoms with van der Waals surface area (Å²) in [6, 6.07) is 2.32. The lowest BCUT2D eigenvalue weighted by Gasteiger charge is -2.04. The van der Waals surface area contributed by atoms with Gasteiger partial charge in [-0.25, -0.2) is 15.0 Å². The predicted molar refractivity (Wildman–Crippen MR) is 75.4 cm³/mol. The van der Waals surface area contributed by atoms with Crippen molar-refractivity contribution in [2.75, 3.05) is 5.32 Å². The van der Waals surface area contributed by atoms with E-state index in [0.717, 1.165) is 17.9 Å². The first-order valence-corrected chi connectivity index (χ1v) is 7.20. The Morgan fingerprint density at radius 1 is 1.26 bits per heavy atom. The smallest absolute Gasteiger partial charge is 0.182 e. The lowest BCUT2D eigenvalue weighted by Crippen LogP contribution is -2.01. The average molecular weight is 271 g/mol. The number of aromatic amines is 1. The molecule has 0 saturated heterocycles. The maximum Gasteiger partial charge on any atom is 0.182 e. The fourth-order valence-corrected chi connectivity index (χ4v) is 3.75. The molecule has 0 unspecified atom stereocenters. The number of hydrogen-bond acceptors (Lipinski definition) is 5. The third-order valence-corrected chi connectivity index (χ3v) is 4.69. The standard InChI is InChI=1S/C13H13N5S/c1-2-8-4-9(19-10(8)3-1)5-14-12-11-13(16-6-15-11)18-7-17-12/h4,6-7H,1-3,5H2,(H2,14,15,16,17,18). The minimum Gasteiger partial charge on any atom is -0.363 e. The van der Waals surface area contributed by atoms with Crippen molar-refractivity contribution in [3.05, 3.63) is 34.0 Å². The number of imidazole rings is 1. The molecule has 0 bridgehead atoms. The number of H-pyrrole nitrogens is 1. The molecule has 0 spiro atoms. The van der Waals surface area contributed by atoms with Crippen molar-refractivity contribution in [3.63, 3.8) is 0 Å². The number of thiophene rings is 1. The minimum atomic E-state index is 0.700. The van der Waals surface area contributed by atoms with Gasteiger partial charge in [0.05, 0.1) is 12.9 Å². The molecule has 1 aliphatic rings. The SMILES string of the molecule is c1nc(NCc2cc3c(s2)CCC3)c2[nH]cnc2n1. The van der Waals surface area contributed by atoms with Crippen LogP contribution in [0.15, 0.2) is 18.7 Å². The maximum absolute atomic E-state index is 4.27. The van der Waals surface area contributed by atoms with E-state index in [1.165, 1.54) is 29.7 Å². The summed E-state index contributed by atoms with van der Waals surface area (Å²) in [5, 5.41) is 3.37. The van der Waals surface area contributed by atoms with Crippen LogP contribution in [0.4, 0.5) is 5.82 Å². The summed E-state index contributed by atoms with van der Waals surface area (Å²) >= 11 is 1.92. The highest BCUT2D eigenvalue weighted by Gasteiger charge is 2.14. The second kappa shape index (κ2) is 4.31. The van der Waals surface area contributed by atoms with Crippen LogP contribution in [0.2, 0.25) is 0 Å². The van der Waals surface area contributed by atoms with Gasteiger partial charge in [0.15, 0.2) is 11.5 Å². The largest absolute Gasteiger partial charge is 0.363 e. The average Bonchev–Trinajstić information content (AvgIpc) is 3.10. The molecule has 0 aromatic carbocycles. The zero-order valence-electron chi connectivity index (χ0n) is 10.3. The molecular weight excluding hydrogens is 258 g/mol. The molecule has 0 fully saturated rings. The number of nitrogens with one attached hydrogen (secondary N) is 2. The van der Waals surface area contributed by atoms with Crippen LogP contribution in [0, 0.1) is 0 Å². The van der Waals surface area contributed by atoms with Crippen molar-refractivity contribution < 1.29 is 0 Å². The lowest BCUT2D eigenvalue weighted by molar-refractivity contribution is 0.913. The normalized spacial score (nSPS) is 13.9. The summed E-state index contributed by atoms with van der Waals surface area (Å²) in [5.74, 6) is 0.816. The fourth-order valence-electron chi connectivity index (χ4n) is 2.55. The minimum absolute atomic E-state index is 0.700. The van der Waals surface area contributed by atoms with Gasteiger partial charge in [0.1, 0.15) is 11.8 Å². The topological polar surface area (TPSA) is 66.5 Å². The molecule has 3 aromatic rings. The molecule has 0 amide bonds. The molecule has 3 heterocycles. The summed E-state index contributed by atoms with van der Waals surface area (Å²) < 4.78 is 0. The van der Waals surface area contributed by atoms with Crippen LogP contribution in [0.3, 0.4) is 0 Å². The Morgan fingerprint density at radius 3 is 3.21 bits per heavy atom. The Morgan fingerprint density at radius 2 is 2.26 bits per heavy atom. The van der Waals surface area contributed by atoms with Crippen LogP contribution in [0.1, 0.15) is 21.7 Å². The third kappa shape index (κ3) is 1.88. The first-order valence-electron chi connectivity index (χ1n) is 6.38. The third-order valence-electron chi connectivity index (χ3n) is 3.45. The Balaban J connectivity index is 1.56. The number of aryl methyl sites for hydroxylation is 2. The van der Waals surface area contributed by atoms with Crippen LogP contribution in [-0.4, -0.2) is 19.9 Å². The van der Waals surface area contributed by atoms with Gasteiger partial charge in [-0.2, -0.15) is 0 Å². The lowest BCUT2D eigenvalue weighted by atomic mass is 10.2. The molecule has 0 atom stereocenters. The maximum atomic E-state index is 4.27. The molecule has 2 N–H and O–H groups in total. The van der Waals surface area contributed by atoms with E-state index >= 15 is 0 Å². The molecule has 0 saturated carbocycles. The molecule has 0 aliphatic heterocycles. The van der Waals surface area contributed by atoms with E-state index in [1.807, 2.05) is 11.3 Å². The van der Waals surface area contributed by atoms with Crippen LogP contribution >= 0.6 is 11.3 Å². The number of rotatable bonds is 3. The second-order valence-corrected chi connectivity index (χ2v) is 5.91. The van der Waals surface area contributed by atoms with E-state index < -0.39 is 0 Å². The van der Waals surface area contributed by atoms with Gasteiger partial charge in [-0.15, -0.1) is 11.3 Å². The van der Waals surface area contributed by atoms with Gasteiger partial charge in [-0.1, -0.05) is 0 Å². The predicted octanol–water partition coefficient (Wildman–Crippen LogP) is 2.52. The van der Waals surface area contributed by atoms with Gasteiger partial charge in [0.2, 0.25) is 0 Å². The van der Waals surface area contributed by atoms with Gasteiger partial charge in [-0.05, 0) is 30.9 Å². The first-order chi connectivity index (χ1) is 9.40. The Kier molecular flexibility index (Phi) is 2.48. The van der Waals surface area contributed by atoms with E-state index in [-0.39, 0.29) is 0 Å². The molecule has 6 heteroatoms. The second-order valence-electron chi connectivity index (χ2n) is 4.69. The summed E-state index contributed by atoms with van der Waals surface area (Å²) in [7, 11) is 0. The molecule has 96 valence electrons. The van der Waals surface area contributed by atoms with Gasteiger partial charge in [0.25, 0.3) is 0 Å². The Bertz CT molecular complexity index is 708. The van der Waals surface area contributed by atoms with E-state index in [2.05, 4.69) is 31.3 Å². The van der Waals surface area contributed by atoms with Crippen LogP contribution in [-0.2, 0) is 19.4 Å². The van der Waals surface area contributed by atoms with Crippen molar-refractivity contribution in [3.8, 4) is 0 Å². The summed E-state index contributed by atoms with van der Waals surface area (Å²) in [6.07, 6.45) is 6.99. The number of nitrogens with zero attached hydrogens (tertiary/aromatic N) is 3. The Hall–Kier alpha value is -1.95. The van der Waals surface area contributed by atoms with Crippen molar-refractivity contribution >= 4 is 28.3 Å². The van der Waals surface area contributed by atoms with Crippen LogP contribution in [0.25, 0.3) is 11.2 Å². The quantitative estimate of drug-likeness (QED) is 0.768. The number of aromatic nitrogens is 4. The van der Waals surface area contributed by atoms with E-state index in [4.69, 9.17) is 0 Å². The van der Waals surface area contributed by atoms with Crippen molar-refractivity contribution in [2.24, 2.45) is 0 Å². The highest BCUT2D eigenvalue weighted by atomic mass is 32.1. The molecular formula is C13H13N5S. The first kappa shape index (κ1) is 10.9. The van der Waals surface area contributed by atoms with Gasteiger partial charge >= 0.3 is 0 Å². The van der Waals surface area contributed by atoms with Crippen molar-refractivity contribution in [2.45, 2.75) is 25.8 Å². The van der Waals surface area contributed by atoms with Crippen LogP contribution in [0.5, 0.6) is 0 Å². The zero-order valence-corrected chi connectivity index (χ0v) is 11.1. The molecule has 4 rings (SSSR count). The highest BCUT2D eigenvalue weighted by molar-refractivity contribution is 7.12. The molecule has 19 heavy (non-hydrogen) atoms. The number of hydrogen-bond donors (Lipinski definition) is 2.